The molecule has 0 radical (unpaired) electrons. The van der Waals surface area contributed by atoms with Crippen molar-refractivity contribution in [3.8, 4) is 0 Å². The van der Waals surface area contributed by atoms with Gasteiger partial charge in [-0.25, -0.2) is 4.39 Å². The predicted octanol–water partition coefficient (Wildman–Crippen LogP) is 3.51. The molecule has 2 nitrogen and oxygen atoms in total. The molecule has 2 aromatic rings. The van der Waals surface area contributed by atoms with Crippen molar-refractivity contribution < 1.29 is 4.39 Å². The number of nitrogens with two attached hydrogens (primary N) is 1. The minimum absolute atomic E-state index is 0.191. The number of hydrogen-bond donors (Lipinski definition) is 2. The molecule has 0 aliphatic heterocycles. The van der Waals surface area contributed by atoms with Crippen LogP contribution in [0.5, 0.6) is 0 Å². The molecule has 0 spiro atoms. The van der Waals surface area contributed by atoms with Gasteiger partial charge in [-0.05, 0) is 36.8 Å². The van der Waals surface area contributed by atoms with Gasteiger partial charge >= 0.3 is 0 Å². The molecule has 0 amide bonds. The van der Waals surface area contributed by atoms with E-state index < -0.39 is 0 Å². The average Bonchev–Trinajstić information content (AvgIpc) is 2.34. The number of aryl methyl sites for hydroxylation is 1. The van der Waals surface area contributed by atoms with Crippen LogP contribution >= 0.6 is 12.2 Å². The van der Waals surface area contributed by atoms with E-state index in [2.05, 4.69) is 5.32 Å². The van der Waals surface area contributed by atoms with Crippen molar-refractivity contribution in [3.05, 3.63) is 59.4 Å². The van der Waals surface area contributed by atoms with E-state index in [-0.39, 0.29) is 10.8 Å². The number of para-hydroxylation sites is 1. The molecular weight excluding hydrogens is 247 g/mol. The summed E-state index contributed by atoms with van der Waals surface area (Å²) in [6.07, 6.45) is 0. The largest absolute Gasteiger partial charge is 0.389 e. The standard InChI is InChI=1S/C14H13FN2S/c1-9-4-2-3-5-12(9)17-13-7-6-10(14(16)18)8-11(13)15/h2-8,17H,1H3,(H2,16,18). The highest BCUT2D eigenvalue weighted by atomic mass is 32.1. The summed E-state index contributed by atoms with van der Waals surface area (Å²) in [4.78, 5) is 0.191. The first-order chi connectivity index (χ1) is 8.58. The van der Waals surface area contributed by atoms with E-state index in [9.17, 15) is 4.39 Å². The number of benzene rings is 2. The van der Waals surface area contributed by atoms with Crippen molar-refractivity contribution in [3.63, 3.8) is 0 Å². The van der Waals surface area contributed by atoms with Crippen molar-refractivity contribution in [1.82, 2.24) is 0 Å². The van der Waals surface area contributed by atoms with Gasteiger partial charge in [0.1, 0.15) is 10.8 Å². The van der Waals surface area contributed by atoms with Crippen LogP contribution in [0.15, 0.2) is 42.5 Å². The molecule has 4 heteroatoms. The van der Waals surface area contributed by atoms with Gasteiger partial charge in [-0.1, -0.05) is 30.4 Å². The summed E-state index contributed by atoms with van der Waals surface area (Å²) in [5.41, 5.74) is 8.31. The maximum absolute atomic E-state index is 13.9. The highest BCUT2D eigenvalue weighted by molar-refractivity contribution is 7.80. The van der Waals surface area contributed by atoms with Crippen LogP contribution in [0.2, 0.25) is 0 Å². The SMILES string of the molecule is Cc1ccccc1Nc1ccc(C(N)=S)cc1F. The number of hydrogen-bond acceptors (Lipinski definition) is 2. The van der Waals surface area contributed by atoms with E-state index in [0.29, 0.717) is 11.3 Å². The van der Waals surface area contributed by atoms with Crippen molar-refractivity contribution in [2.45, 2.75) is 6.92 Å². The molecule has 2 rings (SSSR count). The van der Waals surface area contributed by atoms with Crippen LogP contribution in [0.1, 0.15) is 11.1 Å². The van der Waals surface area contributed by atoms with Gasteiger partial charge in [0.2, 0.25) is 0 Å². The molecule has 0 unspecified atom stereocenters. The normalized spacial score (nSPS) is 10.1. The molecule has 0 saturated carbocycles. The molecule has 0 saturated heterocycles. The molecule has 0 aliphatic carbocycles. The summed E-state index contributed by atoms with van der Waals surface area (Å²) in [6.45, 7) is 1.96. The molecule has 0 atom stereocenters. The lowest BCUT2D eigenvalue weighted by Gasteiger charge is -2.11. The first kappa shape index (κ1) is 12.5. The Morgan fingerprint density at radius 2 is 1.89 bits per heavy atom. The summed E-state index contributed by atoms with van der Waals surface area (Å²) in [5.74, 6) is -0.372. The second-order valence-electron chi connectivity index (χ2n) is 4.00. The highest BCUT2D eigenvalue weighted by Crippen LogP contribution is 2.23. The zero-order valence-electron chi connectivity index (χ0n) is 9.91. The molecule has 92 valence electrons. The average molecular weight is 260 g/mol. The first-order valence-corrected chi connectivity index (χ1v) is 5.91. The van der Waals surface area contributed by atoms with Crippen molar-refractivity contribution >= 4 is 28.6 Å². The maximum atomic E-state index is 13.9. The quantitative estimate of drug-likeness (QED) is 0.829. The third-order valence-corrected chi connectivity index (χ3v) is 2.90. The van der Waals surface area contributed by atoms with Gasteiger partial charge in [-0.2, -0.15) is 0 Å². The lowest BCUT2D eigenvalue weighted by atomic mass is 10.1. The van der Waals surface area contributed by atoms with Crippen LogP contribution in [-0.2, 0) is 0 Å². The molecule has 0 aromatic heterocycles. The summed E-state index contributed by atoms with van der Waals surface area (Å²) in [7, 11) is 0. The van der Waals surface area contributed by atoms with Gasteiger partial charge in [-0.3, -0.25) is 0 Å². The first-order valence-electron chi connectivity index (χ1n) is 5.50. The molecule has 0 fully saturated rings. The van der Waals surface area contributed by atoms with Gasteiger partial charge < -0.3 is 11.1 Å². The monoisotopic (exact) mass is 260 g/mol. The third-order valence-electron chi connectivity index (χ3n) is 2.67. The van der Waals surface area contributed by atoms with Gasteiger partial charge in [-0.15, -0.1) is 0 Å². The second kappa shape index (κ2) is 5.14. The van der Waals surface area contributed by atoms with E-state index in [0.717, 1.165) is 11.3 Å². The summed E-state index contributed by atoms with van der Waals surface area (Å²) in [5, 5.41) is 3.05. The molecule has 3 N–H and O–H groups in total. The van der Waals surface area contributed by atoms with Gasteiger partial charge in [0, 0.05) is 11.3 Å². The van der Waals surface area contributed by atoms with Crippen LogP contribution < -0.4 is 11.1 Å². The summed E-state index contributed by atoms with van der Waals surface area (Å²) >= 11 is 4.81. The third kappa shape index (κ3) is 2.65. The fourth-order valence-corrected chi connectivity index (χ4v) is 1.75. The molecule has 0 bridgehead atoms. The number of halogens is 1. The smallest absolute Gasteiger partial charge is 0.147 e. The fourth-order valence-electron chi connectivity index (χ4n) is 1.63. The predicted molar refractivity (Wildman–Crippen MR) is 76.7 cm³/mol. The Kier molecular flexibility index (Phi) is 3.58. The maximum Gasteiger partial charge on any atom is 0.147 e. The van der Waals surface area contributed by atoms with Crippen LogP contribution in [0.4, 0.5) is 15.8 Å². The zero-order chi connectivity index (χ0) is 13.1. The van der Waals surface area contributed by atoms with Crippen molar-refractivity contribution in [2.24, 2.45) is 5.73 Å². The Labute approximate surface area is 111 Å². The number of anilines is 2. The van der Waals surface area contributed by atoms with Crippen LogP contribution in [-0.4, -0.2) is 4.99 Å². The number of thiocarbonyl (C=S) groups is 1. The Morgan fingerprint density at radius 1 is 1.17 bits per heavy atom. The molecule has 2 aromatic carbocycles. The second-order valence-corrected chi connectivity index (χ2v) is 4.44. The number of rotatable bonds is 3. The lowest BCUT2D eigenvalue weighted by molar-refractivity contribution is 0.631. The van der Waals surface area contributed by atoms with Crippen LogP contribution in [0.3, 0.4) is 0 Å². The Balaban J connectivity index is 2.30. The molecule has 18 heavy (non-hydrogen) atoms. The van der Waals surface area contributed by atoms with Crippen LogP contribution in [0.25, 0.3) is 0 Å². The van der Waals surface area contributed by atoms with Crippen molar-refractivity contribution in [1.29, 1.82) is 0 Å². The minimum Gasteiger partial charge on any atom is -0.389 e. The Morgan fingerprint density at radius 3 is 2.50 bits per heavy atom. The van der Waals surface area contributed by atoms with Crippen LogP contribution in [0, 0.1) is 12.7 Å². The Bertz CT molecular complexity index is 596. The van der Waals surface area contributed by atoms with E-state index in [1.807, 2.05) is 31.2 Å². The van der Waals surface area contributed by atoms with Gasteiger partial charge in [0.25, 0.3) is 0 Å². The van der Waals surface area contributed by atoms with E-state index >= 15 is 0 Å². The van der Waals surface area contributed by atoms with E-state index in [1.165, 1.54) is 6.07 Å². The summed E-state index contributed by atoms with van der Waals surface area (Å²) < 4.78 is 13.9. The molecular formula is C14H13FN2S. The van der Waals surface area contributed by atoms with E-state index in [4.69, 9.17) is 18.0 Å². The minimum atomic E-state index is -0.372. The zero-order valence-corrected chi connectivity index (χ0v) is 10.7. The summed E-state index contributed by atoms with van der Waals surface area (Å²) in [6, 6.07) is 12.4. The molecule has 0 heterocycles. The highest BCUT2D eigenvalue weighted by Gasteiger charge is 2.06. The fraction of sp³-hybridized carbons (Fsp3) is 0.0714. The van der Waals surface area contributed by atoms with Gasteiger partial charge in [0.15, 0.2) is 0 Å². The van der Waals surface area contributed by atoms with Gasteiger partial charge in [0.05, 0.1) is 5.69 Å². The number of nitrogens with one attached hydrogen (secondary N) is 1. The van der Waals surface area contributed by atoms with Crippen molar-refractivity contribution in [2.75, 3.05) is 5.32 Å². The van der Waals surface area contributed by atoms with E-state index in [1.54, 1.807) is 12.1 Å². The topological polar surface area (TPSA) is 38.0 Å². The lowest BCUT2D eigenvalue weighted by Crippen LogP contribution is -2.09. The Hall–Kier alpha value is -1.94. The molecule has 0 aliphatic rings.